The van der Waals surface area contributed by atoms with Gasteiger partial charge in [0.1, 0.15) is 28.2 Å². The minimum absolute atomic E-state index is 0.0133. The van der Waals surface area contributed by atoms with Gasteiger partial charge in [-0.2, -0.15) is 0 Å². The van der Waals surface area contributed by atoms with Crippen LogP contribution < -0.4 is 35.2 Å². The van der Waals surface area contributed by atoms with E-state index in [0.29, 0.717) is 395 Å². The summed E-state index contributed by atoms with van der Waals surface area (Å²) in [6, 6.07) is 11.5. The van der Waals surface area contributed by atoms with Crippen molar-refractivity contribution in [3.05, 3.63) is 80.9 Å². The first-order chi connectivity index (χ1) is 66.6. The lowest BCUT2D eigenvalue weighted by atomic mass is 9.77. The molecule has 0 bridgehead atoms. The van der Waals surface area contributed by atoms with Gasteiger partial charge in [0.15, 0.2) is 5.54 Å². The molecule has 3 aromatic rings. The Bertz CT molecular complexity index is 4090. The molecule has 2 unspecified atom stereocenters. The number of carbonyl (C=O) groups is 5. The van der Waals surface area contributed by atoms with E-state index in [-0.39, 0.29) is 53.6 Å². The van der Waals surface area contributed by atoms with Gasteiger partial charge in [0.2, 0.25) is 11.3 Å². The van der Waals surface area contributed by atoms with Gasteiger partial charge in [0.05, 0.1) is 327 Å². The fourth-order valence-electron chi connectivity index (χ4n) is 15.7. The van der Waals surface area contributed by atoms with E-state index in [1.807, 2.05) is 18.2 Å². The standard InChI is InChI=1S/C97H156N4O35S/c1-77-75-96(3,4)99(86-73-88-84(71-81(77)86)94(80-17-16-79(137(108,109)110)70-83(80)95(106)107)85-72-82-78(2)76-97(5,6)100(87(82)74-89(85)135-88)22-13-9-11-15-93(105)136-101-91(103)18-19-92(101)104)21-12-8-10-14-90(102)98-20-23-112-26-27-114-30-31-116-34-35-118-38-39-120-42-43-122-46-47-124-50-51-126-54-55-128-58-59-130-62-63-132-66-67-134-69-68-133-65-64-131-61-60-129-57-56-127-53-52-125-49-48-123-45-44-121-41-40-119-37-36-117-33-32-115-29-28-113-25-24-111-7/h16-17,70-74,77-78H,8-15,18-69,75-76H2,1-7H3,(H2-,98,102,106,107,108,109,110)/p-1. The van der Waals surface area contributed by atoms with E-state index in [1.54, 1.807) is 7.11 Å². The smallest absolute Gasteiger partial charge is 0.333 e. The quantitative estimate of drug-likeness (QED) is 0.0261. The predicted octanol–water partition coefficient (Wildman–Crippen LogP) is 5.05. The van der Waals surface area contributed by atoms with Crippen LogP contribution in [0.25, 0.3) is 5.57 Å². The van der Waals surface area contributed by atoms with Crippen LogP contribution >= 0.6 is 0 Å². The minimum Gasteiger partial charge on any atom is -0.744 e. The third-order valence-electron chi connectivity index (χ3n) is 22.4. The first kappa shape index (κ1) is 117. The van der Waals surface area contributed by atoms with Crippen LogP contribution in [0, 0.1) is 0 Å². The number of methoxy groups -OCH3 is 1. The molecule has 0 radical (unpaired) electrons. The highest BCUT2D eigenvalue weighted by atomic mass is 32.2. The molecule has 4 heterocycles. The Kier molecular flexibility index (Phi) is 60.8. The average molecular weight is 1970 g/mol. The molecule has 780 valence electrons. The number of imide groups is 1. The van der Waals surface area contributed by atoms with Crippen LogP contribution in [0.5, 0.6) is 11.5 Å². The predicted molar refractivity (Wildman–Crippen MR) is 498 cm³/mol. The van der Waals surface area contributed by atoms with Crippen molar-refractivity contribution in [1.29, 1.82) is 0 Å². The molecule has 137 heavy (non-hydrogen) atoms. The van der Waals surface area contributed by atoms with Crippen molar-refractivity contribution in [2.45, 2.75) is 146 Å². The lowest BCUT2D eigenvalue weighted by Crippen LogP contribution is -2.53. The highest BCUT2D eigenvalue weighted by molar-refractivity contribution is 7.85. The van der Waals surface area contributed by atoms with Crippen LogP contribution in [0.3, 0.4) is 0 Å². The first-order valence-electron chi connectivity index (χ1n) is 48.5. The van der Waals surface area contributed by atoms with Gasteiger partial charge >= 0.3 is 5.97 Å². The molecule has 2 atom stereocenters. The third-order valence-corrected chi connectivity index (χ3v) is 23.3. The molecular formula is C97H155N4O35S-. The molecule has 0 spiro atoms. The summed E-state index contributed by atoms with van der Waals surface area (Å²) in [6.45, 7) is 36.6. The summed E-state index contributed by atoms with van der Waals surface area (Å²) in [5, 5.41) is 18.2. The molecule has 0 aliphatic carbocycles. The summed E-state index contributed by atoms with van der Waals surface area (Å²) < 4.78 is 179. The van der Waals surface area contributed by atoms with Crippen molar-refractivity contribution in [2.75, 3.05) is 342 Å². The second kappa shape index (κ2) is 71.0. The van der Waals surface area contributed by atoms with E-state index >= 15 is 0 Å². The number of carbonyl (C=O) groups excluding carboxylic acids is 5. The number of anilines is 1. The van der Waals surface area contributed by atoms with Crippen molar-refractivity contribution < 1.29 is 165 Å². The highest BCUT2D eigenvalue weighted by Crippen LogP contribution is 2.49. The fraction of sp³-hybridized carbons (Fsp3) is 0.753. The molecule has 39 nitrogen and oxygen atoms in total. The van der Waals surface area contributed by atoms with Crippen LogP contribution in [0.4, 0.5) is 5.69 Å². The second-order valence-electron chi connectivity index (χ2n) is 34.0. The first-order valence-corrected chi connectivity index (χ1v) is 49.9. The summed E-state index contributed by atoms with van der Waals surface area (Å²) in [7, 11) is -3.41. The van der Waals surface area contributed by atoms with Gasteiger partial charge in [-0.05, 0) is 107 Å². The van der Waals surface area contributed by atoms with Gasteiger partial charge in [-0.15, -0.1) is 5.06 Å². The Morgan fingerprint density at radius 1 is 0.431 bits per heavy atom. The van der Waals surface area contributed by atoms with Crippen molar-refractivity contribution in [1.82, 2.24) is 15.0 Å². The molecule has 4 aliphatic heterocycles. The Labute approximate surface area is 808 Å². The number of amides is 3. The van der Waals surface area contributed by atoms with E-state index in [1.165, 1.54) is 6.07 Å². The van der Waals surface area contributed by atoms with Gasteiger partial charge in [-0.3, -0.25) is 14.4 Å². The van der Waals surface area contributed by atoms with Crippen molar-refractivity contribution in [3.8, 4) is 11.5 Å². The Morgan fingerprint density at radius 3 is 1.18 bits per heavy atom. The number of aromatic carboxylic acids is 1. The maximum Gasteiger partial charge on any atom is 0.333 e. The van der Waals surface area contributed by atoms with Gasteiger partial charge in [0.25, 0.3) is 11.8 Å². The van der Waals surface area contributed by atoms with Crippen LogP contribution in [-0.4, -0.2) is 396 Å². The highest BCUT2D eigenvalue weighted by Gasteiger charge is 2.42. The number of rotatable bonds is 88. The summed E-state index contributed by atoms with van der Waals surface area (Å²) in [4.78, 5) is 69.5. The van der Waals surface area contributed by atoms with E-state index in [0.717, 1.165) is 60.0 Å². The number of carboxylic acid groups (broad SMARTS) is 1. The lowest BCUT2D eigenvalue weighted by molar-refractivity contribution is -0.255. The Hall–Kier alpha value is -6.57. The number of carboxylic acids is 1. The third kappa shape index (κ3) is 47.9. The Morgan fingerprint density at radius 2 is 0.796 bits per heavy atom. The maximum absolute atomic E-state index is 13.1. The topological polar surface area (TPSA) is 427 Å². The zero-order valence-corrected chi connectivity index (χ0v) is 82.9. The van der Waals surface area contributed by atoms with Gasteiger partial charge in [0, 0.05) is 103 Å². The van der Waals surface area contributed by atoms with Crippen LogP contribution in [0.1, 0.15) is 163 Å². The minimum atomic E-state index is -5.05. The van der Waals surface area contributed by atoms with E-state index in [4.69, 9.17) is 123 Å². The number of nitrogens with zero attached hydrogens (tertiary/aromatic N) is 3. The van der Waals surface area contributed by atoms with Crippen LogP contribution in [-0.2, 0) is 148 Å². The largest absolute Gasteiger partial charge is 0.744 e. The molecule has 4 aliphatic rings. The molecular weight excluding hydrogens is 1810 g/mol. The van der Waals surface area contributed by atoms with E-state index < -0.39 is 44.3 Å². The average Bonchev–Trinajstić information content (AvgIpc) is 1.06. The molecule has 7 rings (SSSR count). The number of benzene rings is 3. The summed E-state index contributed by atoms with van der Waals surface area (Å²) in [5.74, 6) is -2.42. The summed E-state index contributed by atoms with van der Waals surface area (Å²) >= 11 is 0. The van der Waals surface area contributed by atoms with Gasteiger partial charge in [-0.25, -0.2) is 17.8 Å². The van der Waals surface area contributed by atoms with Crippen LogP contribution in [0.15, 0.2) is 47.4 Å². The van der Waals surface area contributed by atoms with Crippen LogP contribution in [0.2, 0.25) is 0 Å². The monoisotopic (exact) mass is 1970 g/mol. The fourth-order valence-corrected chi connectivity index (χ4v) is 16.2. The summed E-state index contributed by atoms with van der Waals surface area (Å²) in [6.07, 6.45) is 6.04. The number of ether oxygens (including phenoxy) is 25. The Balaban J connectivity index is 0.596. The molecule has 1 N–H and O–H groups in total. The number of hydroxylamine groups is 2. The summed E-state index contributed by atoms with van der Waals surface area (Å²) in [5.41, 5.74) is 3.11. The number of nitrogens with one attached hydrogen (secondary N) is 1. The molecule has 1 saturated heterocycles. The van der Waals surface area contributed by atoms with Crippen molar-refractivity contribution in [2.24, 2.45) is 0 Å². The zero-order valence-electron chi connectivity index (χ0n) is 82.1. The number of hydrogen-bond acceptors (Lipinski definition) is 36. The SMILES string of the molecule is COCCOCCOCCOCCOCCOCCOCCOCCOCCOCCOCCOCCOCCOCCOCCOCCOCCOCCOCCOCCOCCOCCOCCOCCNC(=O)CCCCC[N+]1=c2cc3c(cc2C(C)CC1(C)C)=C(c1ccc(S(=O)(=O)[O-])cc1C(=O)[O-])c1cc2c(cc1O3)N(CCCCCC(=O)ON1C(=O)CCC1=O)C(C)(C)CC2C. The molecule has 1 fully saturated rings. The second-order valence-corrected chi connectivity index (χ2v) is 35.4. The number of hydrogen-bond donors (Lipinski definition) is 1. The molecule has 3 aromatic carbocycles. The molecule has 0 aromatic heterocycles. The number of unbranched alkanes of at least 4 members (excludes halogenated alkanes) is 4. The van der Waals surface area contributed by atoms with Crippen molar-refractivity contribution >= 4 is 51.0 Å². The zero-order chi connectivity index (χ0) is 98.1. The molecule has 0 saturated carbocycles. The van der Waals surface area contributed by atoms with Crippen molar-refractivity contribution in [3.63, 3.8) is 0 Å². The van der Waals surface area contributed by atoms with Gasteiger partial charge in [-0.1, -0.05) is 26.3 Å². The lowest BCUT2D eigenvalue weighted by Gasteiger charge is -2.48. The van der Waals surface area contributed by atoms with Gasteiger partial charge < -0.3 is 148 Å². The van der Waals surface area contributed by atoms with E-state index in [2.05, 4.69) is 62.4 Å². The normalized spacial score (nSPS) is 15.6. The number of fused-ring (bicyclic) bond motifs is 4. The van der Waals surface area contributed by atoms with E-state index in [9.17, 15) is 42.0 Å². The molecule has 3 amide bonds. The maximum atomic E-state index is 13.1. The molecule has 40 heteroatoms.